The maximum absolute atomic E-state index is 12.6. The van der Waals surface area contributed by atoms with Gasteiger partial charge in [0.1, 0.15) is 0 Å². The van der Waals surface area contributed by atoms with Crippen molar-refractivity contribution in [3.63, 3.8) is 0 Å². The van der Waals surface area contributed by atoms with Gasteiger partial charge in [-0.25, -0.2) is 0 Å². The molecule has 26 heavy (non-hydrogen) atoms. The quantitative estimate of drug-likeness (QED) is 0.921. The van der Waals surface area contributed by atoms with E-state index < -0.39 is 0 Å². The molecule has 1 aliphatic rings. The lowest BCUT2D eigenvalue weighted by molar-refractivity contribution is 0.0643. The number of carbonyl (C=O) groups excluding carboxylic acids is 2. The van der Waals surface area contributed by atoms with Crippen molar-refractivity contribution in [3.8, 4) is 0 Å². The number of benzene rings is 2. The van der Waals surface area contributed by atoms with Crippen molar-refractivity contribution in [2.75, 3.05) is 38.0 Å². The number of aryl methyl sites for hydroxylation is 1. The van der Waals surface area contributed by atoms with Gasteiger partial charge in [0, 0.05) is 43.0 Å². The van der Waals surface area contributed by atoms with Crippen molar-refractivity contribution < 1.29 is 9.59 Å². The molecule has 2 aromatic rings. The molecule has 5 heteroatoms. The zero-order chi connectivity index (χ0) is 18.5. The third kappa shape index (κ3) is 4.11. The molecule has 0 unspecified atom stereocenters. The summed E-state index contributed by atoms with van der Waals surface area (Å²) in [5, 5.41) is 2.91. The van der Waals surface area contributed by atoms with Crippen LogP contribution in [0.2, 0.25) is 0 Å². The fourth-order valence-corrected chi connectivity index (χ4v) is 3.12. The largest absolute Gasteiger partial charge is 0.336 e. The van der Waals surface area contributed by atoms with Crippen molar-refractivity contribution in [3.05, 3.63) is 65.2 Å². The third-order valence-electron chi connectivity index (χ3n) is 4.89. The van der Waals surface area contributed by atoms with Gasteiger partial charge in [-0.05, 0) is 49.4 Å². The smallest absolute Gasteiger partial charge is 0.255 e. The van der Waals surface area contributed by atoms with Gasteiger partial charge < -0.3 is 15.1 Å². The van der Waals surface area contributed by atoms with Gasteiger partial charge in [0.25, 0.3) is 11.8 Å². The van der Waals surface area contributed by atoms with Crippen molar-refractivity contribution >= 4 is 17.5 Å². The van der Waals surface area contributed by atoms with E-state index in [2.05, 4.69) is 17.1 Å². The SMILES string of the molecule is CCN1CCN(C(=O)c2ccc(C(=O)Nc3ccccc3C)cc2)CC1. The molecule has 5 nitrogen and oxygen atoms in total. The van der Waals surface area contributed by atoms with Gasteiger partial charge in [0.15, 0.2) is 0 Å². The number of rotatable bonds is 4. The number of hydrogen-bond acceptors (Lipinski definition) is 3. The van der Waals surface area contributed by atoms with Gasteiger partial charge in [0.2, 0.25) is 0 Å². The number of amides is 2. The van der Waals surface area contributed by atoms with Gasteiger partial charge in [-0.2, -0.15) is 0 Å². The predicted octanol–water partition coefficient (Wildman–Crippen LogP) is 3.03. The van der Waals surface area contributed by atoms with Gasteiger partial charge in [-0.3, -0.25) is 9.59 Å². The Morgan fingerprint density at radius 3 is 2.15 bits per heavy atom. The monoisotopic (exact) mass is 351 g/mol. The molecule has 1 aliphatic heterocycles. The lowest BCUT2D eigenvalue weighted by atomic mass is 10.1. The van der Waals surface area contributed by atoms with Crippen molar-refractivity contribution in [1.82, 2.24) is 9.80 Å². The summed E-state index contributed by atoms with van der Waals surface area (Å²) in [6.07, 6.45) is 0. The highest BCUT2D eigenvalue weighted by Crippen LogP contribution is 2.16. The molecule has 0 aromatic heterocycles. The summed E-state index contributed by atoms with van der Waals surface area (Å²) in [7, 11) is 0. The lowest BCUT2D eigenvalue weighted by Gasteiger charge is -2.34. The maximum Gasteiger partial charge on any atom is 0.255 e. The van der Waals surface area contributed by atoms with Crippen LogP contribution in [-0.4, -0.2) is 54.3 Å². The van der Waals surface area contributed by atoms with E-state index in [4.69, 9.17) is 0 Å². The Hall–Kier alpha value is -2.66. The number of likely N-dealkylation sites (N-methyl/N-ethyl adjacent to an activating group) is 1. The molecule has 2 aromatic carbocycles. The van der Waals surface area contributed by atoms with Crippen LogP contribution in [0.25, 0.3) is 0 Å². The van der Waals surface area contributed by atoms with E-state index in [1.54, 1.807) is 24.3 Å². The van der Waals surface area contributed by atoms with Crippen LogP contribution in [-0.2, 0) is 0 Å². The van der Waals surface area contributed by atoms with Crippen molar-refractivity contribution in [2.45, 2.75) is 13.8 Å². The summed E-state index contributed by atoms with van der Waals surface area (Å²) in [5.41, 5.74) is 2.98. The molecular formula is C21H25N3O2. The van der Waals surface area contributed by atoms with Gasteiger partial charge in [-0.15, -0.1) is 0 Å². The molecule has 1 heterocycles. The molecule has 0 aliphatic carbocycles. The average Bonchev–Trinajstić information content (AvgIpc) is 2.69. The number of para-hydroxylation sites is 1. The summed E-state index contributed by atoms with van der Waals surface area (Å²) in [6.45, 7) is 8.45. The minimum Gasteiger partial charge on any atom is -0.336 e. The molecule has 0 bridgehead atoms. The minimum absolute atomic E-state index is 0.0339. The third-order valence-corrected chi connectivity index (χ3v) is 4.89. The van der Waals surface area contributed by atoms with E-state index in [9.17, 15) is 9.59 Å². The Labute approximate surface area is 154 Å². The van der Waals surface area contributed by atoms with E-state index in [-0.39, 0.29) is 11.8 Å². The molecule has 1 fully saturated rings. The number of hydrogen-bond donors (Lipinski definition) is 1. The second-order valence-corrected chi connectivity index (χ2v) is 6.57. The summed E-state index contributed by atoms with van der Waals surface area (Å²) >= 11 is 0. The number of nitrogens with zero attached hydrogens (tertiary/aromatic N) is 2. The van der Waals surface area contributed by atoms with E-state index in [1.807, 2.05) is 36.1 Å². The zero-order valence-electron chi connectivity index (χ0n) is 15.4. The molecule has 2 amide bonds. The first kappa shape index (κ1) is 18.1. The predicted molar refractivity (Wildman–Crippen MR) is 104 cm³/mol. The molecular weight excluding hydrogens is 326 g/mol. The Kier molecular flexibility index (Phi) is 5.68. The van der Waals surface area contributed by atoms with E-state index >= 15 is 0 Å². The van der Waals surface area contributed by atoms with Crippen LogP contribution in [0.3, 0.4) is 0 Å². The Morgan fingerprint density at radius 1 is 0.923 bits per heavy atom. The maximum atomic E-state index is 12.6. The fraction of sp³-hybridized carbons (Fsp3) is 0.333. The summed E-state index contributed by atoms with van der Waals surface area (Å²) in [4.78, 5) is 29.2. The Bertz CT molecular complexity index is 778. The molecule has 136 valence electrons. The van der Waals surface area contributed by atoms with E-state index in [0.717, 1.165) is 44.0 Å². The summed E-state index contributed by atoms with van der Waals surface area (Å²) in [5.74, 6) is -0.138. The van der Waals surface area contributed by atoms with Crippen molar-refractivity contribution in [2.24, 2.45) is 0 Å². The number of nitrogens with one attached hydrogen (secondary N) is 1. The van der Waals surface area contributed by atoms with Crippen LogP contribution >= 0.6 is 0 Å². The highest BCUT2D eigenvalue weighted by molar-refractivity contribution is 6.05. The summed E-state index contributed by atoms with van der Waals surface area (Å²) < 4.78 is 0. The minimum atomic E-state index is -0.171. The van der Waals surface area contributed by atoms with Crippen LogP contribution in [0.1, 0.15) is 33.2 Å². The molecule has 1 N–H and O–H groups in total. The standard InChI is InChI=1S/C21H25N3O2/c1-3-23-12-14-24(15-13-23)21(26)18-10-8-17(9-11-18)20(25)22-19-7-5-4-6-16(19)2/h4-11H,3,12-15H2,1-2H3,(H,22,25). The van der Waals surface area contributed by atoms with E-state index in [1.165, 1.54) is 0 Å². The van der Waals surface area contributed by atoms with Gasteiger partial charge in [0.05, 0.1) is 0 Å². The van der Waals surface area contributed by atoms with Crippen LogP contribution < -0.4 is 5.32 Å². The molecule has 1 saturated heterocycles. The molecule has 0 radical (unpaired) electrons. The second-order valence-electron chi connectivity index (χ2n) is 6.57. The highest BCUT2D eigenvalue weighted by Gasteiger charge is 2.21. The van der Waals surface area contributed by atoms with Crippen molar-refractivity contribution in [1.29, 1.82) is 0 Å². The topological polar surface area (TPSA) is 52.7 Å². The van der Waals surface area contributed by atoms with Gasteiger partial charge >= 0.3 is 0 Å². The first-order valence-corrected chi connectivity index (χ1v) is 9.07. The highest BCUT2D eigenvalue weighted by atomic mass is 16.2. The van der Waals surface area contributed by atoms with Crippen LogP contribution in [0.4, 0.5) is 5.69 Å². The number of piperazine rings is 1. The zero-order valence-corrected chi connectivity index (χ0v) is 15.4. The van der Waals surface area contributed by atoms with Crippen LogP contribution in [0, 0.1) is 6.92 Å². The van der Waals surface area contributed by atoms with Gasteiger partial charge in [-0.1, -0.05) is 25.1 Å². The normalized spacial score (nSPS) is 14.9. The first-order chi connectivity index (χ1) is 12.6. The first-order valence-electron chi connectivity index (χ1n) is 9.07. The Balaban J connectivity index is 1.64. The molecule has 0 saturated carbocycles. The molecule has 0 spiro atoms. The molecule has 3 rings (SSSR count). The van der Waals surface area contributed by atoms with E-state index in [0.29, 0.717) is 11.1 Å². The molecule has 0 atom stereocenters. The average molecular weight is 351 g/mol. The fourth-order valence-electron chi connectivity index (χ4n) is 3.12. The van der Waals surface area contributed by atoms with Crippen LogP contribution in [0.15, 0.2) is 48.5 Å². The lowest BCUT2D eigenvalue weighted by Crippen LogP contribution is -2.48. The number of carbonyl (C=O) groups is 2. The summed E-state index contributed by atoms with van der Waals surface area (Å²) in [6, 6.07) is 14.6. The second kappa shape index (κ2) is 8.15. The van der Waals surface area contributed by atoms with Crippen LogP contribution in [0.5, 0.6) is 0 Å². The number of anilines is 1. The Morgan fingerprint density at radius 2 is 1.54 bits per heavy atom.